The minimum absolute atomic E-state index is 0.00617. The summed E-state index contributed by atoms with van der Waals surface area (Å²) in [6.45, 7) is 12.9. The molecule has 1 aromatic carbocycles. The van der Waals surface area contributed by atoms with Crippen LogP contribution >= 0.6 is 11.6 Å². The van der Waals surface area contributed by atoms with Crippen molar-refractivity contribution in [2.24, 2.45) is 5.41 Å². The number of rotatable bonds is 6. The Morgan fingerprint density at radius 3 is 2.25 bits per heavy atom. The molecule has 1 aliphatic rings. The SMILES string of the molecule is CC(C)(C)CC(C)(C)NC(=O)C[NH+]1CCN(S(=O)(=O)c2ccccc2Cl)CC1. The molecular weight excluding hydrogens is 398 g/mol. The van der Waals surface area contributed by atoms with E-state index in [0.717, 1.165) is 11.3 Å². The lowest BCUT2D eigenvalue weighted by molar-refractivity contribution is -0.895. The highest BCUT2D eigenvalue weighted by molar-refractivity contribution is 7.89. The molecular formula is C20H33ClN3O3S+. The summed E-state index contributed by atoms with van der Waals surface area (Å²) >= 11 is 6.07. The maximum absolute atomic E-state index is 12.8. The van der Waals surface area contributed by atoms with Gasteiger partial charge < -0.3 is 10.2 Å². The van der Waals surface area contributed by atoms with Gasteiger partial charge in [-0.05, 0) is 37.8 Å². The molecule has 1 fully saturated rings. The zero-order chi connectivity index (χ0) is 21.2. The molecule has 0 spiro atoms. The van der Waals surface area contributed by atoms with E-state index in [4.69, 9.17) is 11.6 Å². The zero-order valence-electron chi connectivity index (χ0n) is 17.5. The average Bonchev–Trinajstić information content (AvgIpc) is 2.52. The standard InChI is InChI=1S/C20H32ClN3O3S/c1-19(2,3)15-20(4,5)22-18(25)14-23-10-12-24(13-11-23)28(26,27)17-9-7-6-8-16(17)21/h6-9H,10-15H2,1-5H3,(H,22,25)/p+1. The Balaban J connectivity index is 1.90. The smallest absolute Gasteiger partial charge is 0.275 e. The summed E-state index contributed by atoms with van der Waals surface area (Å²) in [6.07, 6.45) is 0.880. The van der Waals surface area contributed by atoms with E-state index in [1.165, 1.54) is 10.4 Å². The molecule has 1 aromatic rings. The average molecular weight is 431 g/mol. The summed E-state index contributed by atoms with van der Waals surface area (Å²) < 4.78 is 27.1. The monoisotopic (exact) mass is 430 g/mol. The van der Waals surface area contributed by atoms with E-state index in [0.29, 0.717) is 32.7 Å². The molecule has 158 valence electrons. The first kappa shape index (κ1) is 23.1. The summed E-state index contributed by atoms with van der Waals surface area (Å²) in [5.41, 5.74) is -0.147. The van der Waals surface area contributed by atoms with E-state index in [1.54, 1.807) is 18.2 Å². The van der Waals surface area contributed by atoms with Gasteiger partial charge in [-0.1, -0.05) is 44.5 Å². The van der Waals surface area contributed by atoms with Crippen molar-refractivity contribution in [1.29, 1.82) is 0 Å². The number of halogens is 1. The van der Waals surface area contributed by atoms with Crippen LogP contribution in [-0.4, -0.2) is 56.9 Å². The third-order valence-corrected chi connectivity index (χ3v) is 7.14. The van der Waals surface area contributed by atoms with Crippen LogP contribution in [0.15, 0.2) is 29.2 Å². The second-order valence-corrected chi connectivity index (χ2v) is 11.7. The van der Waals surface area contributed by atoms with Crippen LogP contribution in [0.25, 0.3) is 0 Å². The zero-order valence-corrected chi connectivity index (χ0v) is 19.1. The molecule has 0 unspecified atom stereocenters. The van der Waals surface area contributed by atoms with Gasteiger partial charge in [-0.25, -0.2) is 8.42 Å². The van der Waals surface area contributed by atoms with Crippen LogP contribution in [-0.2, 0) is 14.8 Å². The second kappa shape index (κ2) is 8.69. The predicted octanol–water partition coefficient (Wildman–Crippen LogP) is 1.56. The van der Waals surface area contributed by atoms with Gasteiger partial charge in [-0.3, -0.25) is 4.79 Å². The minimum Gasteiger partial charge on any atom is -0.346 e. The molecule has 6 nitrogen and oxygen atoms in total. The normalized spacial score (nSPS) is 17.5. The molecule has 1 amide bonds. The summed E-state index contributed by atoms with van der Waals surface area (Å²) in [5.74, 6) is 0.00617. The number of quaternary nitrogens is 1. The topological polar surface area (TPSA) is 70.9 Å². The van der Waals surface area contributed by atoms with Gasteiger partial charge in [-0.15, -0.1) is 0 Å². The molecule has 8 heteroatoms. The van der Waals surface area contributed by atoms with Crippen LogP contribution in [0.3, 0.4) is 0 Å². The number of amides is 1. The van der Waals surface area contributed by atoms with Crippen molar-refractivity contribution in [3.63, 3.8) is 0 Å². The third kappa shape index (κ3) is 6.44. The maximum Gasteiger partial charge on any atom is 0.275 e. The predicted molar refractivity (Wildman–Crippen MR) is 112 cm³/mol. The van der Waals surface area contributed by atoms with Gasteiger partial charge in [0.05, 0.1) is 31.2 Å². The van der Waals surface area contributed by atoms with Crippen molar-refractivity contribution in [2.75, 3.05) is 32.7 Å². The Labute approximate surface area is 174 Å². The molecule has 0 radical (unpaired) electrons. The minimum atomic E-state index is -3.61. The van der Waals surface area contributed by atoms with Gasteiger partial charge in [0.15, 0.2) is 6.54 Å². The number of carbonyl (C=O) groups is 1. The molecule has 1 saturated heterocycles. The van der Waals surface area contributed by atoms with Crippen molar-refractivity contribution in [1.82, 2.24) is 9.62 Å². The molecule has 0 aromatic heterocycles. The van der Waals surface area contributed by atoms with Crippen LogP contribution in [0.1, 0.15) is 41.0 Å². The molecule has 2 rings (SSSR count). The second-order valence-electron chi connectivity index (χ2n) is 9.43. The van der Waals surface area contributed by atoms with Crippen molar-refractivity contribution in [3.05, 3.63) is 29.3 Å². The van der Waals surface area contributed by atoms with E-state index in [1.807, 2.05) is 13.8 Å². The van der Waals surface area contributed by atoms with Gasteiger partial charge >= 0.3 is 0 Å². The fraction of sp³-hybridized carbons (Fsp3) is 0.650. The lowest BCUT2D eigenvalue weighted by Crippen LogP contribution is -3.16. The summed E-state index contributed by atoms with van der Waals surface area (Å²) in [6, 6.07) is 6.49. The highest BCUT2D eigenvalue weighted by atomic mass is 35.5. The van der Waals surface area contributed by atoms with Crippen LogP contribution in [0.5, 0.6) is 0 Å². The van der Waals surface area contributed by atoms with Crippen molar-refractivity contribution in [3.8, 4) is 0 Å². The molecule has 1 aliphatic heterocycles. The number of nitrogens with one attached hydrogen (secondary N) is 2. The molecule has 28 heavy (non-hydrogen) atoms. The van der Waals surface area contributed by atoms with Gasteiger partial charge in [0, 0.05) is 5.54 Å². The summed E-state index contributed by atoms with van der Waals surface area (Å²) in [5, 5.41) is 3.36. The van der Waals surface area contributed by atoms with E-state index in [2.05, 4.69) is 26.1 Å². The summed E-state index contributed by atoms with van der Waals surface area (Å²) in [4.78, 5) is 13.7. The molecule has 1 heterocycles. The van der Waals surface area contributed by atoms with E-state index in [-0.39, 0.29) is 26.8 Å². The largest absolute Gasteiger partial charge is 0.346 e. The lowest BCUT2D eigenvalue weighted by Gasteiger charge is -2.35. The third-order valence-electron chi connectivity index (χ3n) is 4.74. The van der Waals surface area contributed by atoms with Crippen LogP contribution < -0.4 is 10.2 Å². The summed E-state index contributed by atoms with van der Waals surface area (Å²) in [7, 11) is -3.61. The Morgan fingerprint density at radius 2 is 1.71 bits per heavy atom. The number of nitrogens with zero attached hydrogens (tertiary/aromatic N) is 1. The number of hydrogen-bond donors (Lipinski definition) is 2. The first-order chi connectivity index (χ1) is 12.8. The molecule has 0 bridgehead atoms. The molecule has 2 N–H and O–H groups in total. The van der Waals surface area contributed by atoms with Gasteiger partial charge in [0.2, 0.25) is 10.0 Å². The van der Waals surface area contributed by atoms with Crippen LogP contribution in [0.2, 0.25) is 5.02 Å². The number of carbonyl (C=O) groups excluding carboxylic acids is 1. The molecule has 0 atom stereocenters. The first-order valence-electron chi connectivity index (χ1n) is 9.69. The Kier molecular flexibility index (Phi) is 7.18. The first-order valence-corrected chi connectivity index (χ1v) is 11.5. The Morgan fingerprint density at radius 1 is 1.14 bits per heavy atom. The fourth-order valence-corrected chi connectivity index (χ4v) is 5.97. The van der Waals surface area contributed by atoms with E-state index >= 15 is 0 Å². The lowest BCUT2D eigenvalue weighted by atomic mass is 9.82. The number of benzene rings is 1. The highest BCUT2D eigenvalue weighted by Gasteiger charge is 2.33. The van der Waals surface area contributed by atoms with Crippen molar-refractivity contribution >= 4 is 27.5 Å². The van der Waals surface area contributed by atoms with Crippen LogP contribution in [0.4, 0.5) is 0 Å². The van der Waals surface area contributed by atoms with Gasteiger partial charge in [0.25, 0.3) is 5.91 Å². The maximum atomic E-state index is 12.8. The van der Waals surface area contributed by atoms with E-state index in [9.17, 15) is 13.2 Å². The highest BCUT2D eigenvalue weighted by Crippen LogP contribution is 2.26. The van der Waals surface area contributed by atoms with E-state index < -0.39 is 10.0 Å². The fourth-order valence-electron chi connectivity index (χ4n) is 4.03. The number of hydrogen-bond acceptors (Lipinski definition) is 3. The quantitative estimate of drug-likeness (QED) is 0.719. The van der Waals surface area contributed by atoms with Crippen molar-refractivity contribution < 1.29 is 18.1 Å². The Hall–Kier alpha value is -1.15. The van der Waals surface area contributed by atoms with Gasteiger partial charge in [0.1, 0.15) is 4.90 Å². The Bertz CT molecular complexity index is 795. The molecule has 0 aliphatic carbocycles. The molecule has 0 saturated carbocycles. The van der Waals surface area contributed by atoms with Crippen molar-refractivity contribution in [2.45, 2.75) is 51.5 Å². The van der Waals surface area contributed by atoms with Crippen LogP contribution in [0, 0.1) is 5.41 Å². The number of sulfonamides is 1. The van der Waals surface area contributed by atoms with Gasteiger partial charge in [-0.2, -0.15) is 4.31 Å². The number of piperazine rings is 1.